The van der Waals surface area contributed by atoms with Gasteiger partial charge >= 0.3 is 12.0 Å². The van der Waals surface area contributed by atoms with Crippen LogP contribution < -0.4 is 19.5 Å². The third-order valence-electron chi connectivity index (χ3n) is 5.07. The molecule has 176 valence electrons. The molecule has 0 spiro atoms. The van der Waals surface area contributed by atoms with Crippen LogP contribution in [0.25, 0.3) is 0 Å². The molecular formula is C23H24F2N2O6. The smallest absolute Gasteiger partial charge is 0.338 e. The molecule has 8 nitrogen and oxygen atoms in total. The first kappa shape index (κ1) is 23.8. The topological polar surface area (TPSA) is 86.3 Å². The molecule has 0 fully saturated rings. The van der Waals surface area contributed by atoms with Crippen LogP contribution in [-0.2, 0) is 9.53 Å². The lowest BCUT2D eigenvalue weighted by Crippen LogP contribution is -2.48. The molecule has 1 heterocycles. The first-order valence-electron chi connectivity index (χ1n) is 10.0. The van der Waals surface area contributed by atoms with Gasteiger partial charge in [0.1, 0.15) is 12.4 Å². The van der Waals surface area contributed by atoms with Gasteiger partial charge in [0.05, 0.1) is 38.1 Å². The Balaban J connectivity index is 2.07. The Morgan fingerprint density at radius 3 is 2.39 bits per heavy atom. The summed E-state index contributed by atoms with van der Waals surface area (Å²) in [6.45, 7) is 1.41. The van der Waals surface area contributed by atoms with Crippen molar-refractivity contribution in [2.75, 3.05) is 34.5 Å². The van der Waals surface area contributed by atoms with E-state index in [0.29, 0.717) is 23.1 Å². The molecule has 10 heteroatoms. The summed E-state index contributed by atoms with van der Waals surface area (Å²) < 4.78 is 48.6. The van der Waals surface area contributed by atoms with Crippen molar-refractivity contribution in [3.05, 3.63) is 64.9 Å². The van der Waals surface area contributed by atoms with Crippen LogP contribution >= 0.6 is 0 Å². The fourth-order valence-corrected chi connectivity index (χ4v) is 3.40. The number of amides is 2. The number of carbonyl (C=O) groups excluding carboxylic acids is 2. The SMILES string of the molecule is CCOC(=O)C1=C(COc2ccc(F)cc2F)N(C)C(=O)NC1c1ccc(OC)c(OC)c1. The monoisotopic (exact) mass is 462 g/mol. The van der Waals surface area contributed by atoms with E-state index in [9.17, 15) is 18.4 Å². The van der Waals surface area contributed by atoms with E-state index in [4.69, 9.17) is 18.9 Å². The molecule has 1 aliphatic heterocycles. The number of ether oxygens (including phenoxy) is 4. The van der Waals surface area contributed by atoms with Gasteiger partial charge in [-0.05, 0) is 36.8 Å². The van der Waals surface area contributed by atoms with E-state index in [2.05, 4.69) is 5.32 Å². The third kappa shape index (κ3) is 5.00. The lowest BCUT2D eigenvalue weighted by atomic mass is 9.94. The van der Waals surface area contributed by atoms with E-state index in [0.717, 1.165) is 12.1 Å². The van der Waals surface area contributed by atoms with Crippen LogP contribution in [0.3, 0.4) is 0 Å². The number of esters is 1. The van der Waals surface area contributed by atoms with Crippen molar-refractivity contribution in [1.29, 1.82) is 0 Å². The van der Waals surface area contributed by atoms with Crippen LogP contribution in [0.1, 0.15) is 18.5 Å². The van der Waals surface area contributed by atoms with Crippen LogP contribution in [-0.4, -0.2) is 51.4 Å². The predicted molar refractivity (Wildman–Crippen MR) is 114 cm³/mol. The highest BCUT2D eigenvalue weighted by molar-refractivity contribution is 5.95. The Morgan fingerprint density at radius 2 is 1.76 bits per heavy atom. The molecule has 0 aromatic heterocycles. The molecule has 33 heavy (non-hydrogen) atoms. The molecule has 0 radical (unpaired) electrons. The van der Waals surface area contributed by atoms with E-state index >= 15 is 0 Å². The number of urea groups is 1. The van der Waals surface area contributed by atoms with Crippen molar-refractivity contribution in [3.63, 3.8) is 0 Å². The van der Waals surface area contributed by atoms with Gasteiger partial charge < -0.3 is 24.3 Å². The number of hydrogen-bond donors (Lipinski definition) is 1. The van der Waals surface area contributed by atoms with Gasteiger partial charge in [-0.1, -0.05) is 6.07 Å². The maximum atomic E-state index is 14.1. The van der Waals surface area contributed by atoms with Crippen molar-refractivity contribution >= 4 is 12.0 Å². The summed E-state index contributed by atoms with van der Waals surface area (Å²) in [5.41, 5.74) is 0.803. The van der Waals surface area contributed by atoms with Crippen LogP contribution in [0, 0.1) is 11.6 Å². The summed E-state index contributed by atoms with van der Waals surface area (Å²) in [7, 11) is 4.40. The second kappa shape index (κ2) is 10.2. The normalized spacial score (nSPS) is 15.8. The number of rotatable bonds is 8. The Kier molecular flexibility index (Phi) is 7.37. The lowest BCUT2D eigenvalue weighted by Gasteiger charge is -2.34. The minimum atomic E-state index is -0.910. The Labute approximate surface area is 189 Å². The molecule has 2 aromatic rings. The summed E-state index contributed by atoms with van der Waals surface area (Å²) in [6.07, 6.45) is 0. The van der Waals surface area contributed by atoms with Gasteiger partial charge in [0.25, 0.3) is 0 Å². The van der Waals surface area contributed by atoms with E-state index < -0.39 is 29.7 Å². The largest absolute Gasteiger partial charge is 0.493 e. The van der Waals surface area contributed by atoms with Crippen molar-refractivity contribution in [2.45, 2.75) is 13.0 Å². The quantitative estimate of drug-likeness (QED) is 0.604. The molecule has 0 bridgehead atoms. The van der Waals surface area contributed by atoms with Gasteiger partial charge in [-0.3, -0.25) is 4.90 Å². The summed E-state index contributed by atoms with van der Waals surface area (Å²) >= 11 is 0. The first-order valence-corrected chi connectivity index (χ1v) is 10.0. The van der Waals surface area contributed by atoms with Crippen LogP contribution in [0.2, 0.25) is 0 Å². The van der Waals surface area contributed by atoms with Crippen molar-refractivity contribution in [1.82, 2.24) is 10.2 Å². The van der Waals surface area contributed by atoms with Crippen molar-refractivity contribution in [2.24, 2.45) is 0 Å². The second-order valence-corrected chi connectivity index (χ2v) is 7.00. The highest BCUT2D eigenvalue weighted by Gasteiger charge is 2.37. The van der Waals surface area contributed by atoms with E-state index in [1.165, 1.54) is 26.2 Å². The lowest BCUT2D eigenvalue weighted by molar-refractivity contribution is -0.139. The molecule has 1 unspecified atom stereocenters. The highest BCUT2D eigenvalue weighted by Crippen LogP contribution is 2.36. The number of methoxy groups -OCH3 is 2. The summed E-state index contributed by atoms with van der Waals surface area (Å²) in [5, 5.41) is 2.76. The summed E-state index contributed by atoms with van der Waals surface area (Å²) in [4.78, 5) is 26.8. The average Bonchev–Trinajstić information content (AvgIpc) is 2.80. The Bertz CT molecular complexity index is 1090. The minimum absolute atomic E-state index is 0.0966. The molecule has 1 aliphatic rings. The zero-order valence-corrected chi connectivity index (χ0v) is 18.6. The average molecular weight is 462 g/mol. The first-order chi connectivity index (χ1) is 15.8. The maximum absolute atomic E-state index is 14.1. The Morgan fingerprint density at radius 1 is 1.06 bits per heavy atom. The number of likely N-dealkylation sites (N-methyl/N-ethyl adjacent to an activating group) is 1. The van der Waals surface area contributed by atoms with Gasteiger partial charge in [-0.15, -0.1) is 0 Å². The molecular weight excluding hydrogens is 438 g/mol. The predicted octanol–water partition coefficient (Wildman–Crippen LogP) is 3.57. The van der Waals surface area contributed by atoms with E-state index in [1.807, 2.05) is 0 Å². The molecule has 2 amide bonds. The van der Waals surface area contributed by atoms with E-state index in [1.54, 1.807) is 25.1 Å². The number of hydrogen-bond acceptors (Lipinski definition) is 6. The fourth-order valence-electron chi connectivity index (χ4n) is 3.40. The number of nitrogens with one attached hydrogen (secondary N) is 1. The van der Waals surface area contributed by atoms with Gasteiger partial charge in [-0.25, -0.2) is 18.4 Å². The molecule has 1 N–H and O–H groups in total. The highest BCUT2D eigenvalue weighted by atomic mass is 19.1. The third-order valence-corrected chi connectivity index (χ3v) is 5.07. The maximum Gasteiger partial charge on any atom is 0.338 e. The van der Waals surface area contributed by atoms with E-state index in [-0.39, 0.29) is 30.2 Å². The minimum Gasteiger partial charge on any atom is -0.493 e. The molecule has 0 saturated carbocycles. The molecule has 0 aliphatic carbocycles. The standard InChI is InChI=1S/C23H24F2N2O6/c1-5-32-22(28)20-16(12-33-17-9-7-14(24)11-15(17)25)27(2)23(29)26-21(20)13-6-8-18(30-3)19(10-13)31-4/h6-11,21H,5,12H2,1-4H3,(H,26,29). The zero-order valence-electron chi connectivity index (χ0n) is 18.6. The molecule has 1 atom stereocenters. The summed E-state index contributed by atoms with van der Waals surface area (Å²) in [6, 6.07) is 6.39. The van der Waals surface area contributed by atoms with Crippen LogP contribution in [0.5, 0.6) is 17.2 Å². The van der Waals surface area contributed by atoms with Gasteiger partial charge in [0, 0.05) is 13.1 Å². The number of benzene rings is 2. The van der Waals surface area contributed by atoms with Crippen LogP contribution in [0.15, 0.2) is 47.7 Å². The van der Waals surface area contributed by atoms with Crippen molar-refractivity contribution in [3.8, 4) is 17.2 Å². The number of carbonyl (C=O) groups is 2. The van der Waals surface area contributed by atoms with Gasteiger partial charge in [0.15, 0.2) is 23.1 Å². The Hall–Kier alpha value is -3.82. The fraction of sp³-hybridized carbons (Fsp3) is 0.304. The molecule has 2 aromatic carbocycles. The second-order valence-electron chi connectivity index (χ2n) is 7.00. The number of nitrogens with zero attached hydrogens (tertiary/aromatic N) is 1. The van der Waals surface area contributed by atoms with Crippen molar-refractivity contribution < 1.29 is 37.3 Å². The van der Waals surface area contributed by atoms with Gasteiger partial charge in [0.2, 0.25) is 0 Å². The van der Waals surface area contributed by atoms with Gasteiger partial charge in [-0.2, -0.15) is 0 Å². The molecule has 0 saturated heterocycles. The number of halogens is 2. The zero-order chi connectivity index (χ0) is 24.1. The molecule has 3 rings (SSSR count). The summed E-state index contributed by atoms with van der Waals surface area (Å²) in [5.74, 6) is -1.70. The van der Waals surface area contributed by atoms with Crippen LogP contribution in [0.4, 0.5) is 13.6 Å².